The average Bonchev–Trinajstić information content (AvgIpc) is 2.82. The zero-order valence-electron chi connectivity index (χ0n) is 12.4. The number of hydrogen-bond donors (Lipinski definition) is 1. The molecule has 0 bridgehead atoms. The number of aromatic nitrogens is 1. The maximum absolute atomic E-state index is 11.6. The summed E-state index contributed by atoms with van der Waals surface area (Å²) in [6.45, 7) is 4.91. The second kappa shape index (κ2) is 6.27. The summed E-state index contributed by atoms with van der Waals surface area (Å²) in [5, 5.41) is 8.87. The van der Waals surface area contributed by atoms with Gasteiger partial charge in [-0.3, -0.25) is 4.79 Å². The smallest absolute Gasteiger partial charge is 0.250 e. The standard InChI is InChI=1S/C17H19N3O/c1-3-4-9-20-12(2)15(17(19)21)10-16(20)14-7-5-13(11-18)6-8-14/h5-8,10H,3-4,9H2,1-2H3,(H2,19,21). The van der Waals surface area contributed by atoms with Crippen LogP contribution in [0.1, 0.15) is 41.4 Å². The minimum absolute atomic E-state index is 0.405. The molecule has 0 radical (unpaired) electrons. The fourth-order valence-electron chi connectivity index (χ4n) is 2.45. The minimum Gasteiger partial charge on any atom is -0.366 e. The van der Waals surface area contributed by atoms with E-state index in [0.717, 1.165) is 36.3 Å². The number of carbonyl (C=O) groups excluding carboxylic acids is 1. The first-order valence-corrected chi connectivity index (χ1v) is 7.09. The predicted octanol–water partition coefficient (Wildman–Crippen LogP) is 3.23. The first-order chi connectivity index (χ1) is 10.1. The van der Waals surface area contributed by atoms with Gasteiger partial charge in [0.2, 0.25) is 0 Å². The lowest BCUT2D eigenvalue weighted by atomic mass is 10.1. The molecule has 21 heavy (non-hydrogen) atoms. The van der Waals surface area contributed by atoms with Gasteiger partial charge in [0.05, 0.1) is 17.2 Å². The van der Waals surface area contributed by atoms with Crippen molar-refractivity contribution in [1.29, 1.82) is 5.26 Å². The third-order valence-corrected chi connectivity index (χ3v) is 3.68. The Balaban J connectivity index is 2.52. The fourth-order valence-corrected chi connectivity index (χ4v) is 2.45. The lowest BCUT2D eigenvalue weighted by Gasteiger charge is -2.11. The molecule has 0 aliphatic rings. The summed E-state index contributed by atoms with van der Waals surface area (Å²) in [6, 6.07) is 11.3. The summed E-state index contributed by atoms with van der Waals surface area (Å²) in [5.41, 5.74) is 9.49. The van der Waals surface area contributed by atoms with E-state index in [-0.39, 0.29) is 0 Å². The number of nitriles is 1. The molecule has 0 atom stereocenters. The lowest BCUT2D eigenvalue weighted by molar-refractivity contribution is 0.0999. The van der Waals surface area contributed by atoms with Crippen molar-refractivity contribution < 1.29 is 4.79 Å². The van der Waals surface area contributed by atoms with Crippen LogP contribution in [0.3, 0.4) is 0 Å². The number of rotatable bonds is 5. The highest BCUT2D eigenvalue weighted by molar-refractivity contribution is 5.95. The molecular formula is C17H19N3O. The molecule has 0 saturated carbocycles. The van der Waals surface area contributed by atoms with Crippen LogP contribution in [-0.4, -0.2) is 10.5 Å². The maximum atomic E-state index is 11.6. The predicted molar refractivity (Wildman–Crippen MR) is 82.7 cm³/mol. The van der Waals surface area contributed by atoms with Crippen LogP contribution >= 0.6 is 0 Å². The molecule has 2 aromatic rings. The van der Waals surface area contributed by atoms with Gasteiger partial charge < -0.3 is 10.3 Å². The van der Waals surface area contributed by atoms with E-state index in [0.29, 0.717) is 11.1 Å². The van der Waals surface area contributed by atoms with Gasteiger partial charge in [-0.15, -0.1) is 0 Å². The van der Waals surface area contributed by atoms with Crippen LogP contribution in [0.4, 0.5) is 0 Å². The van der Waals surface area contributed by atoms with Gasteiger partial charge in [0.25, 0.3) is 5.91 Å². The molecule has 4 nitrogen and oxygen atoms in total. The van der Waals surface area contributed by atoms with Gasteiger partial charge in [-0.25, -0.2) is 0 Å². The van der Waals surface area contributed by atoms with Gasteiger partial charge in [-0.1, -0.05) is 25.5 Å². The van der Waals surface area contributed by atoms with Crippen LogP contribution in [0.25, 0.3) is 11.3 Å². The van der Waals surface area contributed by atoms with Gasteiger partial charge in [0.1, 0.15) is 0 Å². The molecule has 4 heteroatoms. The molecule has 1 aromatic heterocycles. The Morgan fingerprint density at radius 3 is 2.52 bits per heavy atom. The maximum Gasteiger partial charge on any atom is 0.250 e. The van der Waals surface area contributed by atoms with Crippen LogP contribution in [0.5, 0.6) is 0 Å². The highest BCUT2D eigenvalue weighted by atomic mass is 16.1. The number of primary amides is 1. The minimum atomic E-state index is -0.405. The van der Waals surface area contributed by atoms with E-state index in [9.17, 15) is 4.79 Å². The lowest BCUT2D eigenvalue weighted by Crippen LogP contribution is -2.12. The molecule has 0 aliphatic carbocycles. The summed E-state index contributed by atoms with van der Waals surface area (Å²) >= 11 is 0. The molecule has 2 rings (SSSR count). The van der Waals surface area contributed by atoms with Crippen LogP contribution in [-0.2, 0) is 6.54 Å². The average molecular weight is 281 g/mol. The van der Waals surface area contributed by atoms with Crippen molar-refractivity contribution in [2.24, 2.45) is 5.73 Å². The number of hydrogen-bond acceptors (Lipinski definition) is 2. The van der Waals surface area contributed by atoms with Gasteiger partial charge in [0.15, 0.2) is 0 Å². The highest BCUT2D eigenvalue weighted by Crippen LogP contribution is 2.26. The van der Waals surface area contributed by atoms with Crippen LogP contribution < -0.4 is 5.73 Å². The first-order valence-electron chi connectivity index (χ1n) is 7.09. The molecule has 0 saturated heterocycles. The Bertz CT molecular complexity index is 690. The van der Waals surface area contributed by atoms with E-state index >= 15 is 0 Å². The van der Waals surface area contributed by atoms with E-state index in [1.54, 1.807) is 12.1 Å². The molecule has 0 unspecified atom stereocenters. The van der Waals surface area contributed by atoms with Crippen molar-refractivity contribution in [3.8, 4) is 17.3 Å². The molecule has 0 aliphatic heterocycles. The summed E-state index contributed by atoms with van der Waals surface area (Å²) in [5.74, 6) is -0.405. The van der Waals surface area contributed by atoms with Crippen molar-refractivity contribution in [1.82, 2.24) is 4.57 Å². The third-order valence-electron chi connectivity index (χ3n) is 3.68. The summed E-state index contributed by atoms with van der Waals surface area (Å²) in [6.07, 6.45) is 2.12. The van der Waals surface area contributed by atoms with Crippen molar-refractivity contribution >= 4 is 5.91 Å². The SMILES string of the molecule is CCCCn1c(-c2ccc(C#N)cc2)cc(C(N)=O)c1C. The topological polar surface area (TPSA) is 71.8 Å². The summed E-state index contributed by atoms with van der Waals surface area (Å²) in [4.78, 5) is 11.6. The van der Waals surface area contributed by atoms with Gasteiger partial charge in [-0.05, 0) is 37.1 Å². The highest BCUT2D eigenvalue weighted by Gasteiger charge is 2.16. The number of carbonyl (C=O) groups is 1. The van der Waals surface area contributed by atoms with E-state index in [1.807, 2.05) is 25.1 Å². The van der Waals surface area contributed by atoms with Crippen molar-refractivity contribution in [3.63, 3.8) is 0 Å². The second-order valence-electron chi connectivity index (χ2n) is 5.09. The molecule has 2 N–H and O–H groups in total. The second-order valence-corrected chi connectivity index (χ2v) is 5.09. The number of amides is 1. The zero-order chi connectivity index (χ0) is 15.4. The summed E-state index contributed by atoms with van der Waals surface area (Å²) in [7, 11) is 0. The van der Waals surface area contributed by atoms with Crippen molar-refractivity contribution in [2.75, 3.05) is 0 Å². The number of benzene rings is 1. The monoisotopic (exact) mass is 281 g/mol. The molecule has 0 fully saturated rings. The molecule has 1 heterocycles. The van der Waals surface area contributed by atoms with E-state index in [1.165, 1.54) is 0 Å². The van der Waals surface area contributed by atoms with Crippen molar-refractivity contribution in [2.45, 2.75) is 33.2 Å². The van der Waals surface area contributed by atoms with E-state index in [2.05, 4.69) is 17.6 Å². The Morgan fingerprint density at radius 2 is 2.00 bits per heavy atom. The van der Waals surface area contributed by atoms with Crippen LogP contribution in [0.2, 0.25) is 0 Å². The Labute approximate surface area is 124 Å². The fraction of sp³-hybridized carbons (Fsp3) is 0.294. The molecular weight excluding hydrogens is 262 g/mol. The van der Waals surface area contributed by atoms with Gasteiger partial charge >= 0.3 is 0 Å². The van der Waals surface area contributed by atoms with Crippen LogP contribution in [0, 0.1) is 18.3 Å². The quantitative estimate of drug-likeness (QED) is 0.913. The van der Waals surface area contributed by atoms with Crippen LogP contribution in [0.15, 0.2) is 30.3 Å². The summed E-state index contributed by atoms with van der Waals surface area (Å²) < 4.78 is 2.13. The Hall–Kier alpha value is -2.54. The van der Waals surface area contributed by atoms with Gasteiger partial charge in [-0.2, -0.15) is 5.26 Å². The number of unbranched alkanes of at least 4 members (excludes halogenated alkanes) is 1. The number of nitrogens with two attached hydrogens (primary N) is 1. The molecule has 1 amide bonds. The Morgan fingerprint density at radius 1 is 1.33 bits per heavy atom. The zero-order valence-corrected chi connectivity index (χ0v) is 12.4. The van der Waals surface area contributed by atoms with Gasteiger partial charge in [0, 0.05) is 17.9 Å². The molecule has 1 aromatic carbocycles. The third kappa shape index (κ3) is 2.97. The molecule has 0 spiro atoms. The van der Waals surface area contributed by atoms with E-state index in [4.69, 9.17) is 11.0 Å². The number of nitrogens with zero attached hydrogens (tertiary/aromatic N) is 2. The molecule has 108 valence electrons. The normalized spacial score (nSPS) is 10.3. The van der Waals surface area contributed by atoms with Crippen molar-refractivity contribution in [3.05, 3.63) is 47.2 Å². The van der Waals surface area contributed by atoms with E-state index < -0.39 is 5.91 Å². The largest absolute Gasteiger partial charge is 0.366 e. The first kappa shape index (κ1) is 14.9. The Kier molecular flexibility index (Phi) is 4.44.